The Labute approximate surface area is 190 Å². The molecule has 0 fully saturated rings. The third-order valence-electron chi connectivity index (χ3n) is 5.30. The molecule has 0 aromatic heterocycles. The minimum absolute atomic E-state index is 0.152. The van der Waals surface area contributed by atoms with Crippen LogP contribution in [0.15, 0.2) is 58.1 Å². The first-order valence-electron chi connectivity index (χ1n) is 9.65. The highest BCUT2D eigenvalue weighted by Crippen LogP contribution is 2.39. The van der Waals surface area contributed by atoms with Crippen molar-refractivity contribution in [2.45, 2.75) is 26.2 Å². The zero-order valence-electron chi connectivity index (χ0n) is 16.6. The van der Waals surface area contributed by atoms with E-state index in [2.05, 4.69) is 34.4 Å². The smallest absolute Gasteiger partial charge is 0.306 e. The SMILES string of the molecule is CCC1(CCCSC)CN(C(=O)Nc2ccc(Br)cc2)N=C1c1ccc(Cl)cc1. The van der Waals surface area contributed by atoms with Gasteiger partial charge in [-0.05, 0) is 73.2 Å². The number of rotatable bonds is 7. The fourth-order valence-corrected chi connectivity index (χ4v) is 4.47. The fourth-order valence-electron chi connectivity index (χ4n) is 3.64. The number of nitrogens with one attached hydrogen (secondary N) is 1. The molecule has 0 spiro atoms. The standard InChI is InChI=1S/C22H25BrClN3OS/c1-3-22(13-4-14-29-2)15-27(21(28)25-19-11-7-17(23)8-12-19)26-20(22)16-5-9-18(24)10-6-16/h5-12H,3-4,13-15H2,1-2H3,(H,25,28). The highest BCUT2D eigenvalue weighted by molar-refractivity contribution is 9.10. The minimum atomic E-state index is -0.209. The van der Waals surface area contributed by atoms with Crippen LogP contribution in [0.5, 0.6) is 0 Å². The minimum Gasteiger partial charge on any atom is -0.306 e. The summed E-state index contributed by atoms with van der Waals surface area (Å²) in [6.07, 6.45) is 5.13. The van der Waals surface area contributed by atoms with Crippen LogP contribution in [0.2, 0.25) is 5.02 Å². The van der Waals surface area contributed by atoms with Crippen molar-refractivity contribution >= 4 is 56.7 Å². The second kappa shape index (κ2) is 10.0. The van der Waals surface area contributed by atoms with Crippen LogP contribution >= 0.6 is 39.3 Å². The Morgan fingerprint density at radius 2 is 1.93 bits per heavy atom. The van der Waals surface area contributed by atoms with E-state index in [1.54, 1.807) is 5.01 Å². The molecule has 1 N–H and O–H groups in total. The molecule has 1 unspecified atom stereocenters. The number of anilines is 1. The summed E-state index contributed by atoms with van der Waals surface area (Å²) >= 11 is 11.3. The summed E-state index contributed by atoms with van der Waals surface area (Å²) in [7, 11) is 0. The Morgan fingerprint density at radius 3 is 2.55 bits per heavy atom. The highest BCUT2D eigenvalue weighted by Gasteiger charge is 2.43. The summed E-state index contributed by atoms with van der Waals surface area (Å²) < 4.78 is 0.971. The lowest BCUT2D eigenvalue weighted by atomic mass is 9.74. The first-order valence-corrected chi connectivity index (χ1v) is 12.2. The molecule has 1 atom stereocenters. The third kappa shape index (κ3) is 5.36. The summed E-state index contributed by atoms with van der Waals surface area (Å²) in [5.41, 5.74) is 2.60. The number of carbonyl (C=O) groups excluding carboxylic acids is 1. The number of halogens is 2. The van der Waals surface area contributed by atoms with E-state index in [0.717, 1.165) is 46.5 Å². The van der Waals surface area contributed by atoms with E-state index in [-0.39, 0.29) is 11.4 Å². The average Bonchev–Trinajstić information content (AvgIpc) is 3.11. The normalized spacial score (nSPS) is 18.6. The van der Waals surface area contributed by atoms with Crippen molar-refractivity contribution in [3.63, 3.8) is 0 Å². The molecule has 0 bridgehead atoms. The van der Waals surface area contributed by atoms with Gasteiger partial charge in [-0.15, -0.1) is 0 Å². The van der Waals surface area contributed by atoms with E-state index in [4.69, 9.17) is 16.7 Å². The van der Waals surface area contributed by atoms with Gasteiger partial charge in [0.15, 0.2) is 0 Å². The van der Waals surface area contributed by atoms with E-state index in [1.807, 2.05) is 60.3 Å². The van der Waals surface area contributed by atoms with Crippen molar-refractivity contribution in [3.05, 3.63) is 63.6 Å². The Hall–Kier alpha value is -1.50. The Balaban J connectivity index is 1.87. The molecule has 0 aliphatic carbocycles. The molecule has 1 heterocycles. The van der Waals surface area contributed by atoms with Gasteiger partial charge >= 0.3 is 6.03 Å². The van der Waals surface area contributed by atoms with Gasteiger partial charge in [-0.2, -0.15) is 16.9 Å². The molecular weight excluding hydrogens is 470 g/mol. The monoisotopic (exact) mass is 493 g/mol. The molecule has 154 valence electrons. The van der Waals surface area contributed by atoms with Crippen LogP contribution in [0.1, 0.15) is 31.7 Å². The summed E-state index contributed by atoms with van der Waals surface area (Å²) in [5, 5.41) is 10.0. The molecule has 1 aliphatic rings. The molecule has 29 heavy (non-hydrogen) atoms. The van der Waals surface area contributed by atoms with Crippen molar-refractivity contribution in [1.29, 1.82) is 0 Å². The topological polar surface area (TPSA) is 44.7 Å². The molecule has 1 aliphatic heterocycles. The maximum atomic E-state index is 12.9. The summed E-state index contributed by atoms with van der Waals surface area (Å²) in [6.45, 7) is 2.76. The molecule has 3 rings (SSSR count). The van der Waals surface area contributed by atoms with Crippen LogP contribution < -0.4 is 5.32 Å². The second-order valence-corrected chi connectivity index (χ2v) is 9.52. The number of urea groups is 1. The van der Waals surface area contributed by atoms with Crippen LogP contribution in [0.3, 0.4) is 0 Å². The number of hydrogen-bond acceptors (Lipinski definition) is 3. The molecule has 7 heteroatoms. The van der Waals surface area contributed by atoms with Gasteiger partial charge in [-0.1, -0.05) is 46.6 Å². The second-order valence-electron chi connectivity index (χ2n) is 7.18. The van der Waals surface area contributed by atoms with E-state index in [9.17, 15) is 4.79 Å². The highest BCUT2D eigenvalue weighted by atomic mass is 79.9. The molecule has 4 nitrogen and oxygen atoms in total. The summed E-state index contributed by atoms with van der Waals surface area (Å²) in [5.74, 6) is 1.10. The number of carbonyl (C=O) groups is 1. The van der Waals surface area contributed by atoms with E-state index in [0.29, 0.717) is 11.6 Å². The van der Waals surface area contributed by atoms with Crippen LogP contribution in [-0.4, -0.2) is 35.3 Å². The lowest BCUT2D eigenvalue weighted by Gasteiger charge is -2.29. The number of thioether (sulfide) groups is 1. The van der Waals surface area contributed by atoms with Gasteiger partial charge in [-0.3, -0.25) is 0 Å². The zero-order chi connectivity index (χ0) is 20.9. The number of hydrogen-bond donors (Lipinski definition) is 1. The molecule has 2 aromatic rings. The first kappa shape index (κ1) is 22.2. The molecular formula is C22H25BrClN3OS. The van der Waals surface area contributed by atoms with Crippen molar-refractivity contribution in [2.24, 2.45) is 10.5 Å². The van der Waals surface area contributed by atoms with Gasteiger partial charge < -0.3 is 5.32 Å². The fraction of sp³-hybridized carbons (Fsp3) is 0.364. The van der Waals surface area contributed by atoms with Gasteiger partial charge in [-0.25, -0.2) is 9.80 Å². The molecule has 0 saturated heterocycles. The van der Waals surface area contributed by atoms with Gasteiger partial charge in [0.2, 0.25) is 0 Å². The van der Waals surface area contributed by atoms with Crippen molar-refractivity contribution in [2.75, 3.05) is 23.9 Å². The molecule has 2 aromatic carbocycles. The maximum Gasteiger partial charge on any atom is 0.342 e. The Morgan fingerprint density at radius 1 is 1.24 bits per heavy atom. The molecule has 0 radical (unpaired) electrons. The summed E-state index contributed by atoms with van der Waals surface area (Å²) in [6, 6.07) is 15.1. The lowest BCUT2D eigenvalue weighted by Crippen LogP contribution is -2.37. The van der Waals surface area contributed by atoms with E-state index >= 15 is 0 Å². The summed E-state index contributed by atoms with van der Waals surface area (Å²) in [4.78, 5) is 12.9. The van der Waals surface area contributed by atoms with Crippen LogP contribution in [-0.2, 0) is 0 Å². The van der Waals surface area contributed by atoms with Crippen LogP contribution in [0, 0.1) is 5.41 Å². The molecule has 2 amide bonds. The van der Waals surface area contributed by atoms with Crippen LogP contribution in [0.25, 0.3) is 0 Å². The Kier molecular flexibility index (Phi) is 7.66. The first-order chi connectivity index (χ1) is 14.0. The quantitative estimate of drug-likeness (QED) is 0.426. The predicted molar refractivity (Wildman–Crippen MR) is 128 cm³/mol. The van der Waals surface area contributed by atoms with E-state index < -0.39 is 0 Å². The maximum absolute atomic E-state index is 12.9. The van der Waals surface area contributed by atoms with Crippen molar-refractivity contribution in [3.8, 4) is 0 Å². The third-order valence-corrected chi connectivity index (χ3v) is 6.78. The predicted octanol–water partition coefficient (Wildman–Crippen LogP) is 6.89. The number of nitrogens with zero attached hydrogens (tertiary/aromatic N) is 2. The van der Waals surface area contributed by atoms with Gasteiger partial charge in [0, 0.05) is 20.6 Å². The zero-order valence-corrected chi connectivity index (χ0v) is 19.8. The van der Waals surface area contributed by atoms with Gasteiger partial charge in [0.1, 0.15) is 0 Å². The lowest BCUT2D eigenvalue weighted by molar-refractivity contribution is 0.202. The van der Waals surface area contributed by atoms with Crippen molar-refractivity contribution < 1.29 is 4.79 Å². The van der Waals surface area contributed by atoms with Gasteiger partial charge in [0.05, 0.1) is 12.3 Å². The molecule has 0 saturated carbocycles. The largest absolute Gasteiger partial charge is 0.342 e. The van der Waals surface area contributed by atoms with Crippen LogP contribution in [0.4, 0.5) is 10.5 Å². The number of hydrazone groups is 1. The number of benzene rings is 2. The van der Waals surface area contributed by atoms with E-state index in [1.165, 1.54) is 0 Å². The Bertz CT molecular complexity index is 873. The number of amides is 2. The van der Waals surface area contributed by atoms with Gasteiger partial charge in [0.25, 0.3) is 0 Å². The average molecular weight is 495 g/mol. The van der Waals surface area contributed by atoms with Crippen molar-refractivity contribution in [1.82, 2.24) is 5.01 Å².